The number of sulfonamides is 1. The van der Waals surface area contributed by atoms with Crippen molar-refractivity contribution in [2.24, 2.45) is 0 Å². The normalized spacial score (nSPS) is 12.0. The van der Waals surface area contributed by atoms with Crippen molar-refractivity contribution in [3.8, 4) is 0 Å². The number of rotatable bonds is 4. The summed E-state index contributed by atoms with van der Waals surface area (Å²) in [6.07, 6.45) is 0. The van der Waals surface area contributed by atoms with Crippen molar-refractivity contribution in [1.82, 2.24) is 4.31 Å². The lowest BCUT2D eigenvalue weighted by Crippen LogP contribution is -2.27. The van der Waals surface area contributed by atoms with Crippen molar-refractivity contribution >= 4 is 15.7 Å². The molecule has 0 aliphatic heterocycles. The first-order valence-corrected chi connectivity index (χ1v) is 7.62. The highest BCUT2D eigenvalue weighted by Gasteiger charge is 2.23. The molecule has 20 heavy (non-hydrogen) atoms. The fourth-order valence-electron chi connectivity index (χ4n) is 2.00. The van der Waals surface area contributed by atoms with Crippen LogP contribution < -0.4 is 5.73 Å². The topological polar surface area (TPSA) is 76.5 Å². The molecule has 1 aromatic heterocycles. The molecule has 6 heteroatoms. The molecular formula is C14H18N2O3S. The molecule has 2 rings (SSSR count). The van der Waals surface area contributed by atoms with Gasteiger partial charge in [0.1, 0.15) is 11.5 Å². The molecule has 0 saturated heterocycles. The molecule has 1 aromatic carbocycles. The molecule has 108 valence electrons. The van der Waals surface area contributed by atoms with Crippen LogP contribution in [0.2, 0.25) is 0 Å². The minimum absolute atomic E-state index is 0.194. The Labute approximate surface area is 119 Å². The number of benzene rings is 1. The van der Waals surface area contributed by atoms with Gasteiger partial charge in [-0.2, -0.15) is 4.31 Å². The van der Waals surface area contributed by atoms with Crippen LogP contribution in [0.25, 0.3) is 0 Å². The summed E-state index contributed by atoms with van der Waals surface area (Å²) < 4.78 is 31.7. The largest absolute Gasteiger partial charge is 0.465 e. The maximum atomic E-state index is 12.5. The minimum Gasteiger partial charge on any atom is -0.465 e. The number of nitrogens with two attached hydrogens (primary N) is 1. The number of nitrogens with zero attached hydrogens (tertiary/aromatic N) is 1. The molecule has 0 saturated carbocycles. The smallest absolute Gasteiger partial charge is 0.243 e. The van der Waals surface area contributed by atoms with Crippen LogP contribution in [0.15, 0.2) is 39.6 Å². The van der Waals surface area contributed by atoms with Gasteiger partial charge in [-0.1, -0.05) is 0 Å². The van der Waals surface area contributed by atoms with E-state index in [1.165, 1.54) is 17.4 Å². The van der Waals surface area contributed by atoms with Gasteiger partial charge in [-0.05, 0) is 49.7 Å². The molecule has 0 unspecified atom stereocenters. The SMILES string of the molecule is Cc1ccc(CN(C)S(=O)(=O)c2ccc(N)cc2C)o1. The first kappa shape index (κ1) is 14.6. The van der Waals surface area contributed by atoms with Gasteiger partial charge in [-0.3, -0.25) is 0 Å². The first-order valence-electron chi connectivity index (χ1n) is 6.18. The first-order chi connectivity index (χ1) is 9.30. The number of furan rings is 1. The van der Waals surface area contributed by atoms with Gasteiger partial charge in [0, 0.05) is 12.7 Å². The Morgan fingerprint density at radius 2 is 1.90 bits per heavy atom. The number of aryl methyl sites for hydroxylation is 2. The highest BCUT2D eigenvalue weighted by molar-refractivity contribution is 7.89. The lowest BCUT2D eigenvalue weighted by Gasteiger charge is -2.17. The van der Waals surface area contributed by atoms with E-state index in [2.05, 4.69) is 0 Å². The van der Waals surface area contributed by atoms with Crippen LogP contribution in [0, 0.1) is 13.8 Å². The fourth-order valence-corrected chi connectivity index (χ4v) is 3.34. The molecular weight excluding hydrogens is 276 g/mol. The van der Waals surface area contributed by atoms with E-state index >= 15 is 0 Å². The third-order valence-corrected chi connectivity index (χ3v) is 5.03. The monoisotopic (exact) mass is 294 g/mol. The highest BCUT2D eigenvalue weighted by atomic mass is 32.2. The molecule has 0 fully saturated rings. The van der Waals surface area contributed by atoms with Gasteiger partial charge in [-0.15, -0.1) is 0 Å². The lowest BCUT2D eigenvalue weighted by molar-refractivity contribution is 0.397. The van der Waals surface area contributed by atoms with Gasteiger partial charge >= 0.3 is 0 Å². The summed E-state index contributed by atoms with van der Waals surface area (Å²) in [4.78, 5) is 0.262. The number of hydrogen-bond acceptors (Lipinski definition) is 4. The zero-order valence-electron chi connectivity index (χ0n) is 11.8. The van der Waals surface area contributed by atoms with Crippen molar-refractivity contribution < 1.29 is 12.8 Å². The van der Waals surface area contributed by atoms with E-state index in [0.717, 1.165) is 5.76 Å². The predicted molar refractivity (Wildman–Crippen MR) is 77.7 cm³/mol. The summed E-state index contributed by atoms with van der Waals surface area (Å²) >= 11 is 0. The third-order valence-electron chi connectivity index (χ3n) is 3.06. The number of hydrogen-bond donors (Lipinski definition) is 1. The van der Waals surface area contributed by atoms with Gasteiger partial charge in [0.15, 0.2) is 0 Å². The molecule has 2 N–H and O–H groups in total. The molecule has 0 bridgehead atoms. The zero-order chi connectivity index (χ0) is 14.9. The molecule has 2 aromatic rings. The second kappa shape index (κ2) is 5.30. The lowest BCUT2D eigenvalue weighted by atomic mass is 10.2. The van der Waals surface area contributed by atoms with E-state index in [1.54, 1.807) is 25.1 Å². The van der Waals surface area contributed by atoms with Crippen LogP contribution in [0.4, 0.5) is 5.69 Å². The van der Waals surface area contributed by atoms with Crippen molar-refractivity contribution in [2.45, 2.75) is 25.3 Å². The summed E-state index contributed by atoms with van der Waals surface area (Å²) in [5.74, 6) is 1.37. The van der Waals surface area contributed by atoms with Crippen molar-refractivity contribution in [3.05, 3.63) is 47.4 Å². The third kappa shape index (κ3) is 2.86. The zero-order valence-corrected chi connectivity index (χ0v) is 12.6. The van der Waals surface area contributed by atoms with Gasteiger partial charge in [-0.25, -0.2) is 8.42 Å². The van der Waals surface area contributed by atoms with E-state index < -0.39 is 10.0 Å². The van der Waals surface area contributed by atoms with Crippen molar-refractivity contribution in [1.29, 1.82) is 0 Å². The summed E-state index contributed by atoms with van der Waals surface area (Å²) in [6.45, 7) is 3.75. The number of nitrogen functional groups attached to an aromatic ring is 1. The van der Waals surface area contributed by atoms with E-state index in [4.69, 9.17) is 10.2 Å². The molecule has 5 nitrogen and oxygen atoms in total. The van der Waals surface area contributed by atoms with Crippen molar-refractivity contribution in [2.75, 3.05) is 12.8 Å². The second-order valence-corrected chi connectivity index (χ2v) is 6.81. The Morgan fingerprint density at radius 1 is 1.20 bits per heavy atom. The Hall–Kier alpha value is -1.79. The van der Waals surface area contributed by atoms with Gasteiger partial charge in [0.05, 0.1) is 11.4 Å². The van der Waals surface area contributed by atoms with Crippen molar-refractivity contribution in [3.63, 3.8) is 0 Å². The Kier molecular flexibility index (Phi) is 3.87. The highest BCUT2D eigenvalue weighted by Crippen LogP contribution is 2.22. The second-order valence-electron chi connectivity index (χ2n) is 4.80. The standard InChI is InChI=1S/C14H18N2O3S/c1-10-8-12(15)5-7-14(10)20(17,18)16(3)9-13-6-4-11(2)19-13/h4-8H,9,15H2,1-3H3. The summed E-state index contributed by atoms with van der Waals surface area (Å²) in [5.41, 5.74) is 6.83. The van der Waals surface area contributed by atoms with E-state index in [1.807, 2.05) is 13.0 Å². The maximum Gasteiger partial charge on any atom is 0.243 e. The van der Waals surface area contributed by atoms with E-state index in [9.17, 15) is 8.42 Å². The van der Waals surface area contributed by atoms with E-state index in [0.29, 0.717) is 17.0 Å². The Balaban J connectivity index is 2.29. The summed E-state index contributed by atoms with van der Waals surface area (Å²) in [5, 5.41) is 0. The Morgan fingerprint density at radius 3 is 2.45 bits per heavy atom. The van der Waals surface area contributed by atoms with Gasteiger partial charge in [0.25, 0.3) is 0 Å². The molecule has 0 amide bonds. The average Bonchev–Trinajstić information content (AvgIpc) is 2.74. The van der Waals surface area contributed by atoms with Crippen LogP contribution in [0.5, 0.6) is 0 Å². The molecule has 0 aliphatic carbocycles. The molecule has 0 aliphatic rings. The van der Waals surface area contributed by atoms with Crippen LogP contribution >= 0.6 is 0 Å². The van der Waals surface area contributed by atoms with Crippen LogP contribution in [-0.2, 0) is 16.6 Å². The molecule has 0 radical (unpaired) electrons. The molecule has 0 spiro atoms. The average molecular weight is 294 g/mol. The summed E-state index contributed by atoms with van der Waals surface area (Å²) in [7, 11) is -2.03. The predicted octanol–water partition coefficient (Wildman–Crippen LogP) is 2.30. The Bertz CT molecular complexity index is 720. The quantitative estimate of drug-likeness (QED) is 0.878. The minimum atomic E-state index is -3.56. The number of anilines is 1. The van der Waals surface area contributed by atoms with Gasteiger partial charge in [0.2, 0.25) is 10.0 Å². The molecule has 0 atom stereocenters. The van der Waals surface area contributed by atoms with Crippen LogP contribution in [0.3, 0.4) is 0 Å². The maximum absolute atomic E-state index is 12.5. The fraction of sp³-hybridized carbons (Fsp3) is 0.286. The van der Waals surface area contributed by atoms with Gasteiger partial charge < -0.3 is 10.2 Å². The van der Waals surface area contributed by atoms with Crippen LogP contribution in [0.1, 0.15) is 17.1 Å². The molecule has 1 heterocycles. The summed E-state index contributed by atoms with van der Waals surface area (Å²) in [6, 6.07) is 8.36. The van der Waals surface area contributed by atoms with E-state index in [-0.39, 0.29) is 11.4 Å². The van der Waals surface area contributed by atoms with Crippen LogP contribution in [-0.4, -0.2) is 19.8 Å².